The van der Waals surface area contributed by atoms with Crippen LogP contribution in [0.25, 0.3) is 0 Å². The molecule has 0 aliphatic heterocycles. The lowest BCUT2D eigenvalue weighted by atomic mass is 9.95. The number of hydrogen-bond acceptors (Lipinski definition) is 3. The monoisotopic (exact) mass is 187 g/mol. The summed E-state index contributed by atoms with van der Waals surface area (Å²) < 4.78 is 4.88. The van der Waals surface area contributed by atoms with Crippen LogP contribution in [0.3, 0.4) is 0 Å². The molecule has 78 valence electrons. The normalized spacial score (nSPS) is 15.4. The Kier molecular flexibility index (Phi) is 5.95. The second kappa shape index (κ2) is 6.13. The lowest BCUT2D eigenvalue weighted by Gasteiger charge is -2.23. The topological polar surface area (TPSA) is 41.5 Å². The molecule has 0 aromatic carbocycles. The van der Waals surface area contributed by atoms with E-state index in [1.54, 1.807) is 14.0 Å². The second-order valence-electron chi connectivity index (χ2n) is 3.55. The van der Waals surface area contributed by atoms with Crippen molar-refractivity contribution in [2.75, 3.05) is 26.8 Å². The summed E-state index contributed by atoms with van der Waals surface area (Å²) in [5.41, 5.74) is 0.0566. The molecule has 0 saturated heterocycles. The maximum atomic E-state index is 9.78. The number of nitrogens with one attached hydrogen (secondary N) is 1. The number of rotatable bonds is 7. The highest BCUT2D eigenvalue weighted by Crippen LogP contribution is 2.16. The van der Waals surface area contributed by atoms with Crippen LogP contribution in [0, 0.1) is 0 Å². The Morgan fingerprint density at radius 2 is 2.15 bits per heavy atom. The zero-order chi connectivity index (χ0) is 10.3. The highest BCUT2D eigenvalue weighted by Gasteiger charge is 2.19. The van der Waals surface area contributed by atoms with Gasteiger partial charge in [-0.2, -0.15) is 0 Å². The second-order valence-corrected chi connectivity index (χ2v) is 3.55. The lowest BCUT2D eigenvalue weighted by molar-refractivity contribution is 0.0887. The van der Waals surface area contributed by atoms with Crippen molar-refractivity contribution < 1.29 is 9.84 Å². The quantitative estimate of drug-likeness (QED) is 0.460. The molecule has 13 heavy (non-hydrogen) atoms. The molecule has 0 heterocycles. The van der Waals surface area contributed by atoms with Gasteiger partial charge in [0.1, 0.15) is 0 Å². The van der Waals surface area contributed by atoms with Gasteiger partial charge in [-0.1, -0.05) is 6.58 Å². The van der Waals surface area contributed by atoms with Crippen LogP contribution in [0.2, 0.25) is 0 Å². The average molecular weight is 187 g/mol. The van der Waals surface area contributed by atoms with Crippen LogP contribution >= 0.6 is 0 Å². The van der Waals surface area contributed by atoms with Crippen molar-refractivity contribution in [2.45, 2.75) is 25.9 Å². The van der Waals surface area contributed by atoms with Gasteiger partial charge in [0.25, 0.3) is 0 Å². The molecule has 0 aromatic rings. The first-order valence-electron chi connectivity index (χ1n) is 4.58. The highest BCUT2D eigenvalue weighted by molar-refractivity contribution is 5.06. The van der Waals surface area contributed by atoms with Gasteiger partial charge < -0.3 is 15.2 Å². The summed E-state index contributed by atoms with van der Waals surface area (Å²) in [5, 5.41) is 12.9. The van der Waals surface area contributed by atoms with Crippen LogP contribution in [-0.2, 0) is 4.74 Å². The number of hydrogen-bond donors (Lipinski definition) is 2. The molecule has 0 saturated carbocycles. The summed E-state index contributed by atoms with van der Waals surface area (Å²) in [7, 11) is 1.67. The molecule has 2 N–H and O–H groups in total. The van der Waals surface area contributed by atoms with Crippen LogP contribution < -0.4 is 5.32 Å². The third kappa shape index (κ3) is 5.80. The van der Waals surface area contributed by atoms with Gasteiger partial charge in [-0.05, 0) is 32.4 Å². The molecule has 0 spiro atoms. The van der Waals surface area contributed by atoms with Gasteiger partial charge in [0.15, 0.2) is 0 Å². The molecule has 1 unspecified atom stereocenters. The molecular formula is C10H21NO2. The summed E-state index contributed by atoms with van der Waals surface area (Å²) in [6.07, 6.45) is 0.687. The minimum absolute atomic E-state index is 0.687. The largest absolute Gasteiger partial charge is 0.386 e. The number of aliphatic hydroxyl groups is 1. The van der Waals surface area contributed by atoms with Gasteiger partial charge in [-0.3, -0.25) is 0 Å². The molecule has 3 heteroatoms. The van der Waals surface area contributed by atoms with Crippen molar-refractivity contribution in [2.24, 2.45) is 0 Å². The zero-order valence-electron chi connectivity index (χ0n) is 8.89. The third-order valence-corrected chi connectivity index (χ3v) is 2.19. The summed E-state index contributed by atoms with van der Waals surface area (Å²) in [6.45, 7) is 9.67. The van der Waals surface area contributed by atoms with Crippen molar-refractivity contribution in [3.63, 3.8) is 0 Å². The van der Waals surface area contributed by atoms with Gasteiger partial charge in [0, 0.05) is 13.7 Å². The fourth-order valence-electron chi connectivity index (χ4n) is 0.844. The smallest absolute Gasteiger partial charge is 0.0835 e. The van der Waals surface area contributed by atoms with Crippen molar-refractivity contribution in [1.82, 2.24) is 5.32 Å². The molecule has 0 radical (unpaired) electrons. The summed E-state index contributed by atoms with van der Waals surface area (Å²) in [4.78, 5) is 0. The van der Waals surface area contributed by atoms with Crippen LogP contribution in [0.1, 0.15) is 20.3 Å². The minimum atomic E-state index is -0.750. The minimum Gasteiger partial charge on any atom is -0.386 e. The van der Waals surface area contributed by atoms with E-state index in [2.05, 4.69) is 11.9 Å². The maximum absolute atomic E-state index is 9.78. The van der Waals surface area contributed by atoms with E-state index in [4.69, 9.17) is 4.74 Å². The van der Waals surface area contributed by atoms with Crippen LogP contribution in [-0.4, -0.2) is 37.5 Å². The zero-order valence-corrected chi connectivity index (χ0v) is 8.89. The van der Waals surface area contributed by atoms with Gasteiger partial charge in [-0.15, -0.1) is 0 Å². The predicted molar refractivity (Wildman–Crippen MR) is 54.8 cm³/mol. The lowest BCUT2D eigenvalue weighted by Crippen LogP contribution is -2.31. The molecule has 0 aromatic heterocycles. The Balaban J connectivity index is 3.46. The Bertz CT molecular complexity index is 155. The Morgan fingerprint density at radius 1 is 1.54 bits per heavy atom. The van der Waals surface area contributed by atoms with Gasteiger partial charge in [0.05, 0.1) is 12.2 Å². The Labute approximate surface area is 80.8 Å². The fourth-order valence-corrected chi connectivity index (χ4v) is 0.844. The van der Waals surface area contributed by atoms with Gasteiger partial charge >= 0.3 is 0 Å². The molecule has 0 amide bonds. The fraction of sp³-hybridized carbons (Fsp3) is 0.800. The van der Waals surface area contributed by atoms with Crippen molar-refractivity contribution in [1.29, 1.82) is 0 Å². The van der Waals surface area contributed by atoms with Gasteiger partial charge in [0.2, 0.25) is 0 Å². The van der Waals surface area contributed by atoms with E-state index >= 15 is 0 Å². The first kappa shape index (κ1) is 12.6. The first-order chi connectivity index (χ1) is 6.00. The summed E-state index contributed by atoms with van der Waals surface area (Å²) >= 11 is 0. The van der Waals surface area contributed by atoms with E-state index < -0.39 is 5.60 Å². The highest BCUT2D eigenvalue weighted by atomic mass is 16.5. The molecule has 0 aliphatic carbocycles. The SMILES string of the molecule is C=C(C)C(C)(O)CCNCCOC. The van der Waals surface area contributed by atoms with Crippen molar-refractivity contribution in [3.8, 4) is 0 Å². The molecule has 0 fully saturated rings. The van der Waals surface area contributed by atoms with Crippen LogP contribution in [0.4, 0.5) is 0 Å². The van der Waals surface area contributed by atoms with E-state index in [1.807, 2.05) is 6.92 Å². The van der Waals surface area contributed by atoms with E-state index in [0.717, 1.165) is 18.7 Å². The summed E-state index contributed by atoms with van der Waals surface area (Å²) in [6, 6.07) is 0. The van der Waals surface area contributed by atoms with Crippen LogP contribution in [0.15, 0.2) is 12.2 Å². The molecule has 0 bridgehead atoms. The third-order valence-electron chi connectivity index (χ3n) is 2.19. The predicted octanol–water partition coefficient (Wildman–Crippen LogP) is 0.940. The van der Waals surface area contributed by atoms with Gasteiger partial charge in [-0.25, -0.2) is 0 Å². The van der Waals surface area contributed by atoms with Crippen LogP contribution in [0.5, 0.6) is 0 Å². The molecule has 1 atom stereocenters. The van der Waals surface area contributed by atoms with E-state index in [1.165, 1.54) is 0 Å². The first-order valence-corrected chi connectivity index (χ1v) is 4.58. The maximum Gasteiger partial charge on any atom is 0.0835 e. The number of methoxy groups -OCH3 is 1. The van der Waals surface area contributed by atoms with E-state index in [9.17, 15) is 5.11 Å². The van der Waals surface area contributed by atoms with E-state index in [-0.39, 0.29) is 0 Å². The molecule has 3 nitrogen and oxygen atoms in total. The number of ether oxygens (including phenoxy) is 1. The van der Waals surface area contributed by atoms with Crippen molar-refractivity contribution in [3.05, 3.63) is 12.2 Å². The Morgan fingerprint density at radius 3 is 2.62 bits per heavy atom. The molecule has 0 aliphatic rings. The van der Waals surface area contributed by atoms with E-state index in [0.29, 0.717) is 13.0 Å². The average Bonchev–Trinajstić information content (AvgIpc) is 2.03. The molecular weight excluding hydrogens is 166 g/mol. The Hall–Kier alpha value is -0.380. The standard InChI is InChI=1S/C10H21NO2/c1-9(2)10(3,12)5-6-11-7-8-13-4/h11-12H,1,5-8H2,2-4H3. The summed E-state index contributed by atoms with van der Waals surface area (Å²) in [5.74, 6) is 0. The van der Waals surface area contributed by atoms with Crippen molar-refractivity contribution >= 4 is 0 Å². The molecule has 0 rings (SSSR count).